The van der Waals surface area contributed by atoms with Gasteiger partial charge in [-0.05, 0) is 30.3 Å². The van der Waals surface area contributed by atoms with E-state index in [0.717, 1.165) is 34.9 Å². The van der Waals surface area contributed by atoms with Crippen LogP contribution in [0, 0.1) is 0 Å². The number of aryl methyl sites for hydroxylation is 2. The maximum Gasteiger partial charge on any atom is 0.277 e. The van der Waals surface area contributed by atoms with Crippen molar-refractivity contribution in [3.8, 4) is 0 Å². The number of sulfonamides is 1. The summed E-state index contributed by atoms with van der Waals surface area (Å²) in [6, 6.07) is 14.2. The number of hydrogen-bond donors (Lipinski definition) is 3. The molecule has 0 spiro atoms. The number of hydrogen-bond acceptors (Lipinski definition) is 8. The van der Waals surface area contributed by atoms with Crippen molar-refractivity contribution in [2.75, 3.05) is 22.0 Å². The van der Waals surface area contributed by atoms with Gasteiger partial charge in [-0.15, -0.1) is 10.2 Å². The van der Waals surface area contributed by atoms with Crippen LogP contribution in [0.4, 0.5) is 11.4 Å². The number of para-hydroxylation sites is 2. The molecule has 0 radical (unpaired) electrons. The summed E-state index contributed by atoms with van der Waals surface area (Å²) in [5.74, 6) is 1.08. The summed E-state index contributed by atoms with van der Waals surface area (Å²) in [6.07, 6.45) is 2.21. The van der Waals surface area contributed by atoms with Crippen LogP contribution in [0.25, 0.3) is 11.0 Å². The summed E-state index contributed by atoms with van der Waals surface area (Å²) in [7, 11) is -3.40. The Morgan fingerprint density at radius 1 is 1.09 bits per heavy atom. The van der Waals surface area contributed by atoms with Gasteiger partial charge in [0.1, 0.15) is 5.82 Å². The molecule has 12 heteroatoms. The fourth-order valence-corrected chi connectivity index (χ4v) is 4.08. The number of carbonyl (C=O) groups excluding carboxylic acids is 1. The Hall–Kier alpha value is -3.38. The molecule has 0 aliphatic rings. The molecular weight excluding hydrogens is 452 g/mol. The van der Waals surface area contributed by atoms with Crippen LogP contribution in [0.3, 0.4) is 0 Å². The first-order chi connectivity index (χ1) is 15.3. The van der Waals surface area contributed by atoms with E-state index in [1.165, 1.54) is 6.07 Å². The smallest absolute Gasteiger partial charge is 0.277 e. The largest absolute Gasteiger partial charge is 0.416 e. The Bertz CT molecular complexity index is 1320. The molecule has 0 saturated heterocycles. The van der Waals surface area contributed by atoms with E-state index in [2.05, 4.69) is 30.2 Å². The number of rotatable bonds is 9. The van der Waals surface area contributed by atoms with E-state index in [9.17, 15) is 13.2 Å². The minimum atomic E-state index is -3.40. The molecule has 0 aliphatic heterocycles. The van der Waals surface area contributed by atoms with Crippen molar-refractivity contribution in [1.29, 1.82) is 0 Å². The van der Waals surface area contributed by atoms with E-state index in [1.807, 2.05) is 24.3 Å². The molecule has 32 heavy (non-hydrogen) atoms. The zero-order chi connectivity index (χ0) is 22.6. The first kappa shape index (κ1) is 21.8. The Kier molecular flexibility index (Phi) is 6.42. The molecule has 3 N–H and O–H groups in total. The molecule has 2 aromatic carbocycles. The summed E-state index contributed by atoms with van der Waals surface area (Å²) in [6.45, 7) is 0. The molecular formula is C20H20N6O4S2. The molecule has 0 unspecified atom stereocenters. The predicted octanol–water partition coefficient (Wildman–Crippen LogP) is 2.83. The monoisotopic (exact) mass is 472 g/mol. The van der Waals surface area contributed by atoms with Gasteiger partial charge in [-0.25, -0.2) is 13.4 Å². The Labute approximate surface area is 188 Å². The van der Waals surface area contributed by atoms with Gasteiger partial charge in [-0.2, -0.15) is 0 Å². The molecule has 0 bridgehead atoms. The SMILES string of the molecule is CS(=O)(=O)Nc1cccc(NC(=O)CSc2nnc(CCc3nc4ccccc4[nH]3)o2)c1. The van der Waals surface area contributed by atoms with Gasteiger partial charge in [0.2, 0.25) is 21.8 Å². The van der Waals surface area contributed by atoms with Crippen molar-refractivity contribution >= 4 is 50.1 Å². The van der Waals surface area contributed by atoms with E-state index in [0.29, 0.717) is 35.3 Å². The average molecular weight is 473 g/mol. The number of carbonyl (C=O) groups is 1. The molecule has 4 rings (SSSR count). The number of anilines is 2. The van der Waals surface area contributed by atoms with Gasteiger partial charge in [0.15, 0.2) is 0 Å². The van der Waals surface area contributed by atoms with Gasteiger partial charge in [0, 0.05) is 18.5 Å². The average Bonchev–Trinajstić information content (AvgIpc) is 3.36. The fourth-order valence-electron chi connectivity index (χ4n) is 2.95. The van der Waals surface area contributed by atoms with Crippen molar-refractivity contribution in [3.05, 3.63) is 60.2 Å². The van der Waals surface area contributed by atoms with Gasteiger partial charge >= 0.3 is 0 Å². The molecule has 4 aromatic rings. The number of benzene rings is 2. The van der Waals surface area contributed by atoms with Gasteiger partial charge in [0.05, 0.1) is 28.7 Å². The number of fused-ring (bicyclic) bond motifs is 1. The van der Waals surface area contributed by atoms with Gasteiger partial charge in [-0.1, -0.05) is 30.0 Å². The summed E-state index contributed by atoms with van der Waals surface area (Å²) < 4.78 is 30.6. The van der Waals surface area contributed by atoms with Crippen molar-refractivity contribution in [3.63, 3.8) is 0 Å². The molecule has 0 saturated carbocycles. The van der Waals surface area contributed by atoms with Crippen molar-refractivity contribution < 1.29 is 17.6 Å². The Morgan fingerprint density at radius 2 is 1.91 bits per heavy atom. The van der Waals surface area contributed by atoms with Crippen LogP contribution in [0.1, 0.15) is 11.7 Å². The normalized spacial score (nSPS) is 11.5. The van der Waals surface area contributed by atoms with E-state index < -0.39 is 10.0 Å². The lowest BCUT2D eigenvalue weighted by atomic mass is 10.3. The van der Waals surface area contributed by atoms with Crippen LogP contribution < -0.4 is 10.0 Å². The molecule has 2 aromatic heterocycles. The molecule has 166 valence electrons. The second kappa shape index (κ2) is 9.40. The van der Waals surface area contributed by atoms with Crippen LogP contribution in [-0.2, 0) is 27.7 Å². The number of imidazole rings is 1. The highest BCUT2D eigenvalue weighted by Gasteiger charge is 2.12. The van der Waals surface area contributed by atoms with Crippen molar-refractivity contribution in [2.45, 2.75) is 18.1 Å². The molecule has 2 heterocycles. The second-order valence-electron chi connectivity index (χ2n) is 6.95. The third kappa shape index (κ3) is 6.08. The number of aromatic nitrogens is 4. The molecule has 10 nitrogen and oxygen atoms in total. The zero-order valence-corrected chi connectivity index (χ0v) is 18.7. The number of nitrogens with one attached hydrogen (secondary N) is 3. The fraction of sp³-hybridized carbons (Fsp3) is 0.200. The molecule has 0 atom stereocenters. The minimum absolute atomic E-state index is 0.0644. The highest BCUT2D eigenvalue weighted by Crippen LogP contribution is 2.20. The van der Waals surface area contributed by atoms with Crippen molar-refractivity contribution in [2.24, 2.45) is 0 Å². The van der Waals surface area contributed by atoms with Crippen molar-refractivity contribution in [1.82, 2.24) is 20.2 Å². The Balaban J connectivity index is 1.26. The van der Waals surface area contributed by atoms with Crippen LogP contribution in [-0.4, -0.2) is 46.5 Å². The minimum Gasteiger partial charge on any atom is -0.416 e. The lowest BCUT2D eigenvalue weighted by Gasteiger charge is -2.07. The maximum absolute atomic E-state index is 12.2. The number of amides is 1. The first-order valence-corrected chi connectivity index (χ1v) is 12.5. The lowest BCUT2D eigenvalue weighted by molar-refractivity contribution is -0.113. The zero-order valence-electron chi connectivity index (χ0n) is 17.0. The summed E-state index contributed by atoms with van der Waals surface area (Å²) in [5, 5.41) is 11.0. The number of H-pyrrole nitrogens is 1. The number of thioether (sulfide) groups is 1. The molecule has 0 aliphatic carbocycles. The van der Waals surface area contributed by atoms with E-state index in [-0.39, 0.29) is 11.7 Å². The van der Waals surface area contributed by atoms with Crippen LogP contribution in [0.2, 0.25) is 0 Å². The second-order valence-corrected chi connectivity index (χ2v) is 9.63. The lowest BCUT2D eigenvalue weighted by Crippen LogP contribution is -2.14. The van der Waals surface area contributed by atoms with Gasteiger partial charge in [-0.3, -0.25) is 9.52 Å². The molecule has 1 amide bonds. The quantitative estimate of drug-likeness (QED) is 0.316. The molecule has 0 fully saturated rings. The van der Waals surface area contributed by atoms with Crippen LogP contribution >= 0.6 is 11.8 Å². The summed E-state index contributed by atoms with van der Waals surface area (Å²) >= 11 is 1.12. The topological polar surface area (TPSA) is 143 Å². The summed E-state index contributed by atoms with van der Waals surface area (Å²) in [5.41, 5.74) is 2.73. The highest BCUT2D eigenvalue weighted by molar-refractivity contribution is 7.99. The number of nitrogens with zero attached hydrogens (tertiary/aromatic N) is 3. The summed E-state index contributed by atoms with van der Waals surface area (Å²) in [4.78, 5) is 20.0. The predicted molar refractivity (Wildman–Crippen MR) is 122 cm³/mol. The van der Waals surface area contributed by atoms with E-state index in [4.69, 9.17) is 4.42 Å². The third-order valence-electron chi connectivity index (χ3n) is 4.24. The highest BCUT2D eigenvalue weighted by atomic mass is 32.2. The van der Waals surface area contributed by atoms with Gasteiger partial charge in [0.25, 0.3) is 5.22 Å². The third-order valence-corrected chi connectivity index (χ3v) is 5.66. The first-order valence-electron chi connectivity index (χ1n) is 9.60. The van der Waals surface area contributed by atoms with E-state index in [1.54, 1.807) is 18.2 Å². The maximum atomic E-state index is 12.2. The number of aromatic amines is 1. The van der Waals surface area contributed by atoms with E-state index >= 15 is 0 Å². The van der Waals surface area contributed by atoms with Crippen LogP contribution in [0.5, 0.6) is 0 Å². The van der Waals surface area contributed by atoms with Crippen LogP contribution in [0.15, 0.2) is 58.2 Å². The van der Waals surface area contributed by atoms with Gasteiger partial charge < -0.3 is 14.7 Å². The standard InChI is InChI=1S/C20H20N6O4S2/c1-32(28,29)26-14-6-4-5-13(11-14)21-18(27)12-31-20-25-24-19(30-20)10-9-17-22-15-7-2-3-8-16(15)23-17/h2-8,11,26H,9-10,12H2,1H3,(H,21,27)(H,22,23). The Morgan fingerprint density at radius 3 is 2.72 bits per heavy atom.